The number of ether oxygens (including phenoxy) is 1. The lowest BCUT2D eigenvalue weighted by Crippen LogP contribution is -2.32. The number of esters is 1. The number of hydrogen-bond donors (Lipinski definition) is 2. The Morgan fingerprint density at radius 2 is 2.24 bits per heavy atom. The summed E-state index contributed by atoms with van der Waals surface area (Å²) in [5, 5.41) is 10.1. The van der Waals surface area contributed by atoms with Gasteiger partial charge in [0.05, 0.1) is 23.1 Å². The zero-order valence-electron chi connectivity index (χ0n) is 10.6. The Morgan fingerprint density at radius 3 is 2.86 bits per heavy atom. The molecule has 21 heavy (non-hydrogen) atoms. The van der Waals surface area contributed by atoms with Crippen molar-refractivity contribution in [1.82, 2.24) is 4.72 Å². The molecule has 0 aromatic carbocycles. The summed E-state index contributed by atoms with van der Waals surface area (Å²) < 4.78 is 36.0. The quantitative estimate of drug-likeness (QED) is 0.813. The molecule has 2 aromatic rings. The molecule has 0 aliphatic carbocycles. The van der Waals surface area contributed by atoms with Gasteiger partial charge in [-0.3, -0.25) is 4.72 Å². The Kier molecular flexibility index (Phi) is 3.03. The van der Waals surface area contributed by atoms with Crippen molar-refractivity contribution >= 4 is 33.1 Å². The number of hydrogen-bond acceptors (Lipinski definition) is 7. The minimum atomic E-state index is -3.95. The van der Waals surface area contributed by atoms with Crippen LogP contribution in [-0.4, -0.2) is 26.6 Å². The van der Waals surface area contributed by atoms with E-state index in [1.165, 1.54) is 12.3 Å². The van der Waals surface area contributed by atoms with Crippen LogP contribution < -0.4 is 4.72 Å². The van der Waals surface area contributed by atoms with E-state index in [2.05, 4.69) is 4.74 Å². The third-order valence-corrected chi connectivity index (χ3v) is 5.49. The second-order valence-corrected chi connectivity index (χ2v) is 6.81. The molecule has 0 unspecified atom stereocenters. The molecule has 110 valence electrons. The largest absolute Gasteiger partial charge is 0.504 e. The molecular weight excluding hydrogens is 318 g/mol. The van der Waals surface area contributed by atoms with Crippen molar-refractivity contribution in [3.8, 4) is 10.6 Å². The summed E-state index contributed by atoms with van der Waals surface area (Å²) in [5.74, 6) is -0.957. The number of thiophene rings is 1. The van der Waals surface area contributed by atoms with Crippen LogP contribution in [0.15, 0.2) is 39.5 Å². The third-order valence-electron chi connectivity index (χ3n) is 2.83. The van der Waals surface area contributed by atoms with E-state index in [1.54, 1.807) is 12.1 Å². The minimum Gasteiger partial charge on any atom is -0.504 e. The lowest BCUT2D eigenvalue weighted by Gasteiger charge is -2.16. The van der Waals surface area contributed by atoms with Crippen LogP contribution in [0.25, 0.3) is 16.4 Å². The van der Waals surface area contributed by atoms with Crippen LogP contribution in [0, 0.1) is 0 Å². The second-order valence-electron chi connectivity index (χ2n) is 4.10. The van der Waals surface area contributed by atoms with Gasteiger partial charge in [0.1, 0.15) is 10.7 Å². The molecule has 0 bridgehead atoms. The van der Waals surface area contributed by atoms with Crippen molar-refractivity contribution in [2.24, 2.45) is 0 Å². The van der Waals surface area contributed by atoms with Gasteiger partial charge in [0.15, 0.2) is 11.5 Å². The topological polar surface area (TPSA) is 106 Å². The molecule has 3 rings (SSSR count). The summed E-state index contributed by atoms with van der Waals surface area (Å²) >= 11 is 1.01. The van der Waals surface area contributed by atoms with Crippen LogP contribution in [0.1, 0.15) is 4.88 Å². The zero-order chi connectivity index (χ0) is 15.2. The predicted octanol–water partition coefficient (Wildman–Crippen LogP) is 1.70. The van der Waals surface area contributed by atoms with E-state index in [1.807, 2.05) is 4.72 Å². The van der Waals surface area contributed by atoms with Gasteiger partial charge >= 0.3 is 5.97 Å². The fourth-order valence-electron chi connectivity index (χ4n) is 1.87. The number of carbonyl (C=O) groups is 1. The normalized spacial score (nSPS) is 16.2. The smallest absolute Gasteiger partial charge is 0.359 e. The van der Waals surface area contributed by atoms with Crippen LogP contribution in [-0.2, 0) is 19.6 Å². The van der Waals surface area contributed by atoms with Crippen molar-refractivity contribution in [3.05, 3.63) is 35.0 Å². The van der Waals surface area contributed by atoms with Crippen LogP contribution >= 0.6 is 11.3 Å². The first-order valence-corrected chi connectivity index (χ1v) is 7.96. The first kappa shape index (κ1) is 13.7. The molecule has 0 saturated heterocycles. The Balaban J connectivity index is 2.22. The van der Waals surface area contributed by atoms with Crippen molar-refractivity contribution in [3.63, 3.8) is 0 Å². The average molecular weight is 327 g/mol. The number of nitrogens with one attached hydrogen (secondary N) is 1. The maximum absolute atomic E-state index is 12.1. The van der Waals surface area contributed by atoms with E-state index in [0.29, 0.717) is 10.6 Å². The number of furan rings is 1. The van der Waals surface area contributed by atoms with Crippen LogP contribution in [0.5, 0.6) is 0 Å². The highest BCUT2D eigenvalue weighted by molar-refractivity contribution is 7.90. The molecular formula is C12H9NO6S2. The standard InChI is InChI=1S/C12H9NO6S2/c1-18-12(15)9-10(14)11-8(21(16,17)13-9)5-7(20-11)6-3-2-4-19-6/h2-5,13-14H,1H3. The molecule has 0 spiro atoms. The molecule has 2 N–H and O–H groups in total. The van der Waals surface area contributed by atoms with Gasteiger partial charge in [-0.1, -0.05) is 0 Å². The minimum absolute atomic E-state index is 0.0700. The second kappa shape index (κ2) is 4.64. The van der Waals surface area contributed by atoms with E-state index >= 15 is 0 Å². The van der Waals surface area contributed by atoms with E-state index in [4.69, 9.17) is 4.42 Å². The number of aliphatic hydroxyl groups is 1. The molecule has 7 nitrogen and oxygen atoms in total. The van der Waals surface area contributed by atoms with Crippen LogP contribution in [0.2, 0.25) is 0 Å². The van der Waals surface area contributed by atoms with E-state index in [0.717, 1.165) is 18.4 Å². The van der Waals surface area contributed by atoms with Crippen molar-refractivity contribution in [2.75, 3.05) is 7.11 Å². The predicted molar refractivity (Wildman–Crippen MR) is 73.9 cm³/mol. The highest BCUT2D eigenvalue weighted by Crippen LogP contribution is 2.40. The van der Waals surface area contributed by atoms with Gasteiger partial charge in [-0.2, -0.15) is 0 Å². The summed E-state index contributed by atoms with van der Waals surface area (Å²) in [5.41, 5.74) is -0.502. The SMILES string of the molecule is COC(=O)C1=C(O)c2sc(-c3ccco3)cc2S(=O)(=O)N1. The van der Waals surface area contributed by atoms with E-state index in [9.17, 15) is 18.3 Å². The fourth-order valence-corrected chi connectivity index (χ4v) is 4.54. The highest BCUT2D eigenvalue weighted by Gasteiger charge is 2.35. The molecule has 2 aromatic heterocycles. The maximum atomic E-state index is 12.1. The van der Waals surface area contributed by atoms with Gasteiger partial charge in [-0.15, -0.1) is 11.3 Å². The Hall–Kier alpha value is -2.26. The van der Waals surface area contributed by atoms with Crippen LogP contribution in [0.3, 0.4) is 0 Å². The first-order valence-electron chi connectivity index (χ1n) is 5.66. The molecule has 0 amide bonds. The Labute approximate surface area is 123 Å². The van der Waals surface area contributed by atoms with Gasteiger partial charge in [0, 0.05) is 0 Å². The average Bonchev–Trinajstić information content (AvgIpc) is 3.10. The number of fused-ring (bicyclic) bond motifs is 1. The summed E-state index contributed by atoms with van der Waals surface area (Å²) in [4.78, 5) is 12.0. The molecule has 0 saturated carbocycles. The summed E-state index contributed by atoms with van der Waals surface area (Å²) in [7, 11) is -2.86. The highest BCUT2D eigenvalue weighted by atomic mass is 32.2. The maximum Gasteiger partial charge on any atom is 0.359 e. The first-order chi connectivity index (χ1) is 9.94. The number of aliphatic hydroxyl groups excluding tert-OH is 1. The number of rotatable bonds is 2. The van der Waals surface area contributed by atoms with Gasteiger partial charge in [0.2, 0.25) is 0 Å². The van der Waals surface area contributed by atoms with Gasteiger partial charge in [0.25, 0.3) is 10.0 Å². The summed E-state index contributed by atoms with van der Waals surface area (Å²) in [6, 6.07) is 4.71. The lowest BCUT2D eigenvalue weighted by atomic mass is 10.3. The number of carbonyl (C=O) groups excluding carboxylic acids is 1. The molecule has 9 heteroatoms. The molecule has 3 heterocycles. The van der Waals surface area contributed by atoms with Gasteiger partial charge in [-0.05, 0) is 18.2 Å². The molecule has 1 aliphatic heterocycles. The van der Waals surface area contributed by atoms with Crippen molar-refractivity contribution < 1.29 is 27.5 Å². The molecule has 0 radical (unpaired) electrons. The van der Waals surface area contributed by atoms with Crippen molar-refractivity contribution in [1.29, 1.82) is 0 Å². The molecule has 1 aliphatic rings. The summed E-state index contributed by atoms with van der Waals surface area (Å²) in [6.07, 6.45) is 1.45. The Bertz CT molecular complexity index is 844. The number of methoxy groups -OCH3 is 1. The lowest BCUT2D eigenvalue weighted by molar-refractivity contribution is -0.136. The van der Waals surface area contributed by atoms with Crippen molar-refractivity contribution in [2.45, 2.75) is 4.90 Å². The third kappa shape index (κ3) is 2.10. The zero-order valence-corrected chi connectivity index (χ0v) is 12.2. The van der Waals surface area contributed by atoms with E-state index < -0.39 is 27.4 Å². The fraction of sp³-hybridized carbons (Fsp3) is 0.0833. The summed E-state index contributed by atoms with van der Waals surface area (Å²) in [6.45, 7) is 0. The van der Waals surface area contributed by atoms with E-state index in [-0.39, 0.29) is 9.77 Å². The van der Waals surface area contributed by atoms with Gasteiger partial charge in [-0.25, -0.2) is 13.2 Å². The number of sulfonamides is 1. The van der Waals surface area contributed by atoms with Gasteiger partial charge < -0.3 is 14.3 Å². The molecule has 0 atom stereocenters. The monoisotopic (exact) mass is 327 g/mol. The molecule has 0 fully saturated rings. The van der Waals surface area contributed by atoms with Crippen LogP contribution in [0.4, 0.5) is 0 Å². The Morgan fingerprint density at radius 1 is 1.48 bits per heavy atom.